The predicted molar refractivity (Wildman–Crippen MR) is 95.3 cm³/mol. The van der Waals surface area contributed by atoms with Crippen LogP contribution in [0.15, 0.2) is 57.7 Å². The number of rotatable bonds is 5. The number of Topliss-reactive ketones (excluding diaryl/α,β-unsaturated/α-hetero) is 1. The zero-order valence-electron chi connectivity index (χ0n) is 14.1. The molecule has 7 nitrogen and oxygen atoms in total. The number of nitro groups is 1. The molecule has 2 aromatic carbocycles. The molecule has 0 amide bonds. The minimum Gasteiger partial charge on any atom is -0.483 e. The summed E-state index contributed by atoms with van der Waals surface area (Å²) < 4.78 is 10.7. The van der Waals surface area contributed by atoms with Gasteiger partial charge < -0.3 is 9.15 Å². The molecule has 0 N–H and O–H groups in total. The second-order valence-electron chi connectivity index (χ2n) is 5.82. The van der Waals surface area contributed by atoms with Crippen molar-refractivity contribution in [2.45, 2.75) is 20.0 Å². The Hall–Kier alpha value is -3.48. The number of ketones is 1. The molecule has 3 aromatic rings. The molecule has 0 aliphatic rings. The molecule has 0 saturated heterocycles. The van der Waals surface area contributed by atoms with Crippen molar-refractivity contribution in [2.24, 2.45) is 0 Å². The van der Waals surface area contributed by atoms with Crippen molar-refractivity contribution in [3.8, 4) is 16.9 Å². The maximum absolute atomic E-state index is 11.9. The van der Waals surface area contributed by atoms with Gasteiger partial charge in [-0.1, -0.05) is 12.1 Å². The third kappa shape index (κ3) is 3.46. The van der Waals surface area contributed by atoms with Crippen LogP contribution in [0.25, 0.3) is 22.1 Å². The number of carbonyl (C=O) groups excluding carboxylic acids is 1. The van der Waals surface area contributed by atoms with Gasteiger partial charge in [-0.3, -0.25) is 14.9 Å². The van der Waals surface area contributed by atoms with E-state index < -0.39 is 16.7 Å². The number of hydrogen-bond acceptors (Lipinski definition) is 6. The van der Waals surface area contributed by atoms with Crippen LogP contribution in [0.2, 0.25) is 0 Å². The molecule has 7 heteroatoms. The molecule has 0 bridgehead atoms. The molecule has 3 rings (SSSR count). The minimum absolute atomic E-state index is 0.0703. The fourth-order valence-electron chi connectivity index (χ4n) is 2.53. The Morgan fingerprint density at radius 1 is 1.19 bits per heavy atom. The number of fused-ring (bicyclic) bond motifs is 1. The number of ether oxygens (including phenoxy) is 1. The van der Waals surface area contributed by atoms with E-state index in [4.69, 9.17) is 9.15 Å². The van der Waals surface area contributed by atoms with E-state index in [1.54, 1.807) is 31.2 Å². The third-order valence-electron chi connectivity index (χ3n) is 3.97. The molecule has 0 aliphatic carbocycles. The average molecular weight is 353 g/mol. The molecule has 0 unspecified atom stereocenters. The summed E-state index contributed by atoms with van der Waals surface area (Å²) in [6.07, 6.45) is -0.626. The van der Waals surface area contributed by atoms with Gasteiger partial charge in [-0.25, -0.2) is 4.79 Å². The Kier molecular flexibility index (Phi) is 4.53. The van der Waals surface area contributed by atoms with Crippen molar-refractivity contribution in [1.82, 2.24) is 0 Å². The topological polar surface area (TPSA) is 99.6 Å². The van der Waals surface area contributed by atoms with E-state index in [9.17, 15) is 19.7 Å². The van der Waals surface area contributed by atoms with Gasteiger partial charge in [0.1, 0.15) is 11.3 Å². The number of nitro benzene ring substituents is 1. The van der Waals surface area contributed by atoms with E-state index in [0.29, 0.717) is 22.3 Å². The lowest BCUT2D eigenvalue weighted by molar-refractivity contribution is -0.384. The molecular weight excluding hydrogens is 338 g/mol. The number of nitrogens with zero attached hydrogens (tertiary/aromatic N) is 1. The zero-order valence-corrected chi connectivity index (χ0v) is 14.1. The first-order chi connectivity index (χ1) is 12.3. The van der Waals surface area contributed by atoms with Crippen LogP contribution in [-0.4, -0.2) is 16.8 Å². The molecule has 0 radical (unpaired) electrons. The van der Waals surface area contributed by atoms with Crippen LogP contribution < -0.4 is 10.4 Å². The zero-order chi connectivity index (χ0) is 18.8. The largest absolute Gasteiger partial charge is 0.483 e. The second kappa shape index (κ2) is 6.79. The van der Waals surface area contributed by atoms with Crippen LogP contribution in [-0.2, 0) is 4.79 Å². The van der Waals surface area contributed by atoms with Crippen LogP contribution in [0.4, 0.5) is 5.69 Å². The summed E-state index contributed by atoms with van der Waals surface area (Å²) in [5.74, 6) is 0.261. The highest BCUT2D eigenvalue weighted by Gasteiger charge is 2.14. The van der Waals surface area contributed by atoms with Crippen LogP contribution in [0.3, 0.4) is 0 Å². The summed E-state index contributed by atoms with van der Waals surface area (Å²) in [5, 5.41) is 11.6. The lowest BCUT2D eigenvalue weighted by Crippen LogP contribution is -2.20. The van der Waals surface area contributed by atoms with Gasteiger partial charge in [0.05, 0.1) is 4.92 Å². The summed E-state index contributed by atoms with van der Waals surface area (Å²) in [5.41, 5.74) is 0.663. The highest BCUT2D eigenvalue weighted by molar-refractivity contribution is 5.94. The number of non-ortho nitro benzene ring substituents is 1. The quantitative estimate of drug-likeness (QED) is 0.394. The Morgan fingerprint density at radius 3 is 2.65 bits per heavy atom. The lowest BCUT2D eigenvalue weighted by atomic mass is 10.0. The van der Waals surface area contributed by atoms with Gasteiger partial charge in [0, 0.05) is 35.2 Å². The van der Waals surface area contributed by atoms with Gasteiger partial charge in [0.2, 0.25) is 0 Å². The van der Waals surface area contributed by atoms with E-state index in [1.165, 1.54) is 31.2 Å². The van der Waals surface area contributed by atoms with E-state index in [0.717, 1.165) is 0 Å². The summed E-state index contributed by atoms with van der Waals surface area (Å²) in [4.78, 5) is 33.8. The summed E-state index contributed by atoms with van der Waals surface area (Å²) in [6, 6.07) is 12.2. The van der Waals surface area contributed by atoms with Crippen LogP contribution in [0.5, 0.6) is 5.75 Å². The summed E-state index contributed by atoms with van der Waals surface area (Å²) >= 11 is 0. The maximum atomic E-state index is 11.9. The first-order valence-electron chi connectivity index (χ1n) is 7.85. The molecule has 0 saturated carbocycles. The average Bonchev–Trinajstić information content (AvgIpc) is 2.60. The molecule has 1 aromatic heterocycles. The van der Waals surface area contributed by atoms with E-state index in [2.05, 4.69) is 0 Å². The lowest BCUT2D eigenvalue weighted by Gasteiger charge is -2.12. The Bertz CT molecular complexity index is 1070. The Labute approximate surface area is 148 Å². The summed E-state index contributed by atoms with van der Waals surface area (Å²) in [6.45, 7) is 3.05. The Morgan fingerprint density at radius 2 is 1.96 bits per heavy atom. The first-order valence-corrected chi connectivity index (χ1v) is 7.85. The van der Waals surface area contributed by atoms with Gasteiger partial charge in [0.15, 0.2) is 11.9 Å². The van der Waals surface area contributed by atoms with Crippen molar-refractivity contribution in [1.29, 1.82) is 0 Å². The van der Waals surface area contributed by atoms with Gasteiger partial charge in [0.25, 0.3) is 5.69 Å². The summed E-state index contributed by atoms with van der Waals surface area (Å²) in [7, 11) is 0. The van der Waals surface area contributed by atoms with Crippen LogP contribution >= 0.6 is 0 Å². The highest BCUT2D eigenvalue weighted by Crippen LogP contribution is 2.31. The van der Waals surface area contributed by atoms with Crippen LogP contribution in [0.1, 0.15) is 13.8 Å². The van der Waals surface area contributed by atoms with Gasteiger partial charge >= 0.3 is 5.63 Å². The van der Waals surface area contributed by atoms with Gasteiger partial charge in [-0.05, 0) is 31.5 Å². The molecule has 0 spiro atoms. The third-order valence-corrected chi connectivity index (χ3v) is 3.97. The minimum atomic E-state index is -0.626. The van der Waals surface area contributed by atoms with Crippen molar-refractivity contribution >= 4 is 22.4 Å². The van der Waals surface area contributed by atoms with E-state index >= 15 is 0 Å². The van der Waals surface area contributed by atoms with Gasteiger partial charge in [-0.2, -0.15) is 0 Å². The fraction of sp³-hybridized carbons (Fsp3) is 0.158. The number of carbonyl (C=O) groups is 1. The molecule has 1 atom stereocenters. The molecule has 132 valence electrons. The van der Waals surface area contributed by atoms with E-state index in [1.807, 2.05) is 0 Å². The first kappa shape index (κ1) is 17.3. The highest BCUT2D eigenvalue weighted by atomic mass is 16.6. The SMILES string of the molecule is CC(=O)[C@@H](C)Oc1ccc2c(-c3cccc([N+](=O)[O-])c3)cc(=O)oc2c1. The van der Waals surface area contributed by atoms with Gasteiger partial charge in [-0.15, -0.1) is 0 Å². The number of benzene rings is 2. The predicted octanol–water partition coefficient (Wildman–Crippen LogP) is 3.72. The monoisotopic (exact) mass is 353 g/mol. The smallest absolute Gasteiger partial charge is 0.336 e. The van der Waals surface area contributed by atoms with Crippen molar-refractivity contribution in [3.05, 3.63) is 69.1 Å². The van der Waals surface area contributed by atoms with Crippen LogP contribution in [0, 0.1) is 10.1 Å². The molecule has 0 aliphatic heterocycles. The number of hydrogen-bond donors (Lipinski definition) is 0. The molecular formula is C19H15NO6. The van der Waals surface area contributed by atoms with Crippen molar-refractivity contribution in [3.63, 3.8) is 0 Å². The van der Waals surface area contributed by atoms with Crippen molar-refractivity contribution in [2.75, 3.05) is 0 Å². The molecule has 1 heterocycles. The second-order valence-corrected chi connectivity index (χ2v) is 5.82. The van der Waals surface area contributed by atoms with E-state index in [-0.39, 0.29) is 17.1 Å². The maximum Gasteiger partial charge on any atom is 0.336 e. The molecule has 0 fully saturated rings. The molecule has 26 heavy (non-hydrogen) atoms. The standard InChI is InChI=1S/C19H15NO6/c1-11(21)12(2)25-15-6-7-16-17(10-19(22)26-18(16)9-15)13-4-3-5-14(8-13)20(23)24/h3-10,12H,1-2H3/t12-/m1/s1. The van der Waals surface area contributed by atoms with Crippen molar-refractivity contribution < 1.29 is 18.9 Å². The fourth-order valence-corrected chi connectivity index (χ4v) is 2.53. The Balaban J connectivity index is 2.12. The normalized spacial score (nSPS) is 11.9.